The maximum absolute atomic E-state index is 13.1. The summed E-state index contributed by atoms with van der Waals surface area (Å²) in [6.45, 7) is 0.0988. The average Bonchev–Trinajstić information content (AvgIpc) is 2.40. The van der Waals surface area contributed by atoms with Crippen LogP contribution in [0, 0.1) is 5.82 Å². The van der Waals surface area contributed by atoms with Gasteiger partial charge in [0.15, 0.2) is 0 Å². The van der Waals surface area contributed by atoms with Crippen molar-refractivity contribution in [1.82, 2.24) is 0 Å². The Labute approximate surface area is 115 Å². The van der Waals surface area contributed by atoms with Crippen molar-refractivity contribution in [2.75, 3.05) is 0 Å². The summed E-state index contributed by atoms with van der Waals surface area (Å²) in [5.41, 5.74) is 0.847. The molecular formula is C13H11BClFO3. The lowest BCUT2D eigenvalue weighted by atomic mass is 9.80. The molecule has 0 atom stereocenters. The average molecular weight is 280 g/mol. The number of hydrogen-bond donors (Lipinski definition) is 2. The van der Waals surface area contributed by atoms with Crippen LogP contribution >= 0.6 is 11.6 Å². The summed E-state index contributed by atoms with van der Waals surface area (Å²) in [5.74, 6) is 0.0634. The zero-order valence-electron chi connectivity index (χ0n) is 9.88. The summed E-state index contributed by atoms with van der Waals surface area (Å²) in [4.78, 5) is 0. The first kappa shape index (κ1) is 13.9. The lowest BCUT2D eigenvalue weighted by molar-refractivity contribution is 0.305. The van der Waals surface area contributed by atoms with E-state index in [2.05, 4.69) is 0 Å². The zero-order valence-corrected chi connectivity index (χ0v) is 10.6. The van der Waals surface area contributed by atoms with Gasteiger partial charge in [0.05, 0.1) is 0 Å². The van der Waals surface area contributed by atoms with Crippen LogP contribution in [-0.2, 0) is 6.61 Å². The molecule has 6 heteroatoms. The molecule has 2 aromatic rings. The van der Waals surface area contributed by atoms with E-state index in [9.17, 15) is 4.39 Å². The van der Waals surface area contributed by atoms with Crippen LogP contribution in [0.5, 0.6) is 5.75 Å². The minimum Gasteiger partial charge on any atom is -0.489 e. The van der Waals surface area contributed by atoms with E-state index in [1.54, 1.807) is 18.2 Å². The van der Waals surface area contributed by atoms with Gasteiger partial charge in [-0.1, -0.05) is 23.7 Å². The molecule has 0 amide bonds. The molecule has 0 unspecified atom stereocenters. The molecule has 0 saturated heterocycles. The first-order valence-electron chi connectivity index (χ1n) is 5.59. The third kappa shape index (κ3) is 3.70. The highest BCUT2D eigenvalue weighted by Crippen LogP contribution is 2.19. The van der Waals surface area contributed by atoms with Gasteiger partial charge < -0.3 is 14.8 Å². The molecule has 0 saturated carbocycles. The number of halogens is 2. The van der Waals surface area contributed by atoms with E-state index in [-0.39, 0.29) is 12.4 Å². The van der Waals surface area contributed by atoms with E-state index < -0.39 is 7.12 Å². The topological polar surface area (TPSA) is 49.7 Å². The third-order valence-electron chi connectivity index (χ3n) is 2.56. The fourth-order valence-electron chi connectivity index (χ4n) is 1.58. The molecule has 98 valence electrons. The SMILES string of the molecule is OB(O)c1cccc(OCc2cc(F)ccc2Cl)c1. The highest BCUT2D eigenvalue weighted by molar-refractivity contribution is 6.58. The highest BCUT2D eigenvalue weighted by Gasteiger charge is 2.11. The molecule has 0 aromatic heterocycles. The van der Waals surface area contributed by atoms with E-state index >= 15 is 0 Å². The van der Waals surface area contributed by atoms with Crippen molar-refractivity contribution < 1.29 is 19.2 Å². The quantitative estimate of drug-likeness (QED) is 0.839. The summed E-state index contributed by atoms with van der Waals surface area (Å²) in [7, 11) is -1.55. The Hall–Kier alpha value is -1.56. The molecule has 0 spiro atoms. The molecule has 2 rings (SSSR count). The fourth-order valence-corrected chi connectivity index (χ4v) is 1.75. The van der Waals surface area contributed by atoms with E-state index in [4.69, 9.17) is 26.4 Å². The number of ether oxygens (including phenoxy) is 1. The first-order chi connectivity index (χ1) is 9.06. The van der Waals surface area contributed by atoms with Crippen LogP contribution in [0.25, 0.3) is 0 Å². The Morgan fingerprint density at radius 2 is 1.95 bits per heavy atom. The second-order valence-corrected chi connectivity index (χ2v) is 4.38. The van der Waals surface area contributed by atoms with Crippen LogP contribution in [0.15, 0.2) is 42.5 Å². The largest absolute Gasteiger partial charge is 0.489 e. The lowest BCUT2D eigenvalue weighted by Crippen LogP contribution is -2.29. The van der Waals surface area contributed by atoms with Gasteiger partial charge in [0.25, 0.3) is 0 Å². The van der Waals surface area contributed by atoms with Crippen molar-refractivity contribution in [3.8, 4) is 5.75 Å². The Kier molecular flexibility index (Phi) is 4.42. The van der Waals surface area contributed by atoms with E-state index in [1.807, 2.05) is 0 Å². The monoisotopic (exact) mass is 280 g/mol. The maximum Gasteiger partial charge on any atom is 0.488 e. The van der Waals surface area contributed by atoms with Crippen molar-refractivity contribution >= 4 is 24.2 Å². The fraction of sp³-hybridized carbons (Fsp3) is 0.0769. The van der Waals surface area contributed by atoms with Gasteiger partial charge in [0.2, 0.25) is 0 Å². The van der Waals surface area contributed by atoms with Gasteiger partial charge in [-0.15, -0.1) is 0 Å². The normalized spacial score (nSPS) is 10.3. The van der Waals surface area contributed by atoms with Gasteiger partial charge in [0.1, 0.15) is 18.2 Å². The van der Waals surface area contributed by atoms with Gasteiger partial charge in [0, 0.05) is 10.6 Å². The minimum atomic E-state index is -1.55. The van der Waals surface area contributed by atoms with E-state index in [0.717, 1.165) is 0 Å². The van der Waals surface area contributed by atoms with Gasteiger partial charge >= 0.3 is 7.12 Å². The first-order valence-corrected chi connectivity index (χ1v) is 5.97. The molecular weight excluding hydrogens is 269 g/mol. The Morgan fingerprint density at radius 3 is 2.68 bits per heavy atom. The second-order valence-electron chi connectivity index (χ2n) is 3.97. The van der Waals surface area contributed by atoms with Crippen LogP contribution in [-0.4, -0.2) is 17.2 Å². The molecule has 2 aromatic carbocycles. The smallest absolute Gasteiger partial charge is 0.488 e. The molecule has 0 aliphatic heterocycles. The molecule has 0 fully saturated rings. The van der Waals surface area contributed by atoms with E-state index in [1.165, 1.54) is 24.3 Å². The summed E-state index contributed by atoms with van der Waals surface area (Å²) in [6, 6.07) is 10.4. The van der Waals surface area contributed by atoms with Crippen LogP contribution in [0.3, 0.4) is 0 Å². The molecule has 2 N–H and O–H groups in total. The van der Waals surface area contributed by atoms with Crippen molar-refractivity contribution in [2.45, 2.75) is 6.61 Å². The minimum absolute atomic E-state index is 0.0988. The predicted molar refractivity (Wildman–Crippen MR) is 72.0 cm³/mol. The molecule has 0 radical (unpaired) electrons. The number of benzene rings is 2. The molecule has 19 heavy (non-hydrogen) atoms. The Balaban J connectivity index is 2.10. The summed E-state index contributed by atoms with van der Waals surface area (Å²) in [6.07, 6.45) is 0. The van der Waals surface area contributed by atoms with Crippen molar-refractivity contribution in [3.05, 3.63) is 58.9 Å². The van der Waals surface area contributed by atoms with Crippen LogP contribution < -0.4 is 10.2 Å². The molecule has 3 nitrogen and oxygen atoms in total. The summed E-state index contributed by atoms with van der Waals surface area (Å²) in [5, 5.41) is 18.5. The third-order valence-corrected chi connectivity index (χ3v) is 2.93. The molecule has 0 aliphatic rings. The lowest BCUT2D eigenvalue weighted by Gasteiger charge is -2.09. The summed E-state index contributed by atoms with van der Waals surface area (Å²) >= 11 is 5.92. The van der Waals surface area contributed by atoms with E-state index in [0.29, 0.717) is 21.8 Å². The van der Waals surface area contributed by atoms with Gasteiger partial charge in [-0.05, 0) is 35.8 Å². The van der Waals surface area contributed by atoms with Gasteiger partial charge in [-0.2, -0.15) is 0 Å². The van der Waals surface area contributed by atoms with Crippen LogP contribution in [0.2, 0.25) is 5.02 Å². The molecule has 0 heterocycles. The van der Waals surface area contributed by atoms with Crippen LogP contribution in [0.1, 0.15) is 5.56 Å². The summed E-state index contributed by atoms with van der Waals surface area (Å²) < 4.78 is 18.5. The Morgan fingerprint density at radius 1 is 1.16 bits per heavy atom. The molecule has 0 aliphatic carbocycles. The van der Waals surface area contributed by atoms with Crippen molar-refractivity contribution in [2.24, 2.45) is 0 Å². The highest BCUT2D eigenvalue weighted by atomic mass is 35.5. The Bertz CT molecular complexity index is 578. The standard InChI is InChI=1S/C13H11BClFO3/c15-13-5-4-11(16)6-9(13)8-19-12-3-1-2-10(7-12)14(17)18/h1-7,17-18H,8H2. The van der Waals surface area contributed by atoms with Crippen molar-refractivity contribution in [1.29, 1.82) is 0 Å². The number of rotatable bonds is 4. The van der Waals surface area contributed by atoms with Gasteiger partial charge in [-0.25, -0.2) is 4.39 Å². The number of hydrogen-bond acceptors (Lipinski definition) is 3. The second kappa shape index (κ2) is 6.06. The molecule has 0 bridgehead atoms. The van der Waals surface area contributed by atoms with Crippen LogP contribution in [0.4, 0.5) is 4.39 Å². The maximum atomic E-state index is 13.1. The predicted octanol–water partition coefficient (Wildman–Crippen LogP) is 1.74. The van der Waals surface area contributed by atoms with Crippen molar-refractivity contribution in [3.63, 3.8) is 0 Å². The van der Waals surface area contributed by atoms with Gasteiger partial charge in [-0.3, -0.25) is 0 Å². The zero-order chi connectivity index (χ0) is 13.8.